The van der Waals surface area contributed by atoms with Crippen LogP contribution in [0.1, 0.15) is 24.2 Å². The number of carbonyl (C=O) groups excluding carboxylic acids is 1. The van der Waals surface area contributed by atoms with E-state index in [0.29, 0.717) is 18.8 Å². The largest absolute Gasteiger partial charge is 0.478 e. The summed E-state index contributed by atoms with van der Waals surface area (Å²) in [6.45, 7) is 4.79. The van der Waals surface area contributed by atoms with Crippen molar-refractivity contribution in [2.45, 2.75) is 26.1 Å². The lowest BCUT2D eigenvalue weighted by atomic mass is 10.2. The van der Waals surface area contributed by atoms with Gasteiger partial charge in [-0.2, -0.15) is 0 Å². The molecule has 2 rings (SSSR count). The average Bonchev–Trinajstić information content (AvgIpc) is 2.39. The van der Waals surface area contributed by atoms with Crippen molar-refractivity contribution in [3.05, 3.63) is 27.3 Å². The molecule has 2 amide bonds. The van der Waals surface area contributed by atoms with E-state index in [-0.39, 0.29) is 23.8 Å². The van der Waals surface area contributed by atoms with E-state index in [9.17, 15) is 14.7 Å². The lowest BCUT2D eigenvalue weighted by molar-refractivity contribution is -0.0530. The van der Waals surface area contributed by atoms with Gasteiger partial charge in [-0.3, -0.25) is 0 Å². The van der Waals surface area contributed by atoms with Gasteiger partial charge >= 0.3 is 12.0 Å². The molecule has 1 aliphatic heterocycles. The number of aromatic carboxylic acids is 1. The molecule has 1 heterocycles. The molecule has 6 nitrogen and oxygen atoms in total. The number of morpholine rings is 1. The number of ether oxygens (including phenoxy) is 1. The maximum absolute atomic E-state index is 12.3. The monoisotopic (exact) mass is 404 g/mol. The summed E-state index contributed by atoms with van der Waals surface area (Å²) in [6.07, 6.45) is -0.0645. The van der Waals surface area contributed by atoms with Crippen molar-refractivity contribution in [3.63, 3.8) is 0 Å². The topological polar surface area (TPSA) is 78.9 Å². The van der Waals surface area contributed by atoms with E-state index < -0.39 is 5.97 Å². The van der Waals surface area contributed by atoms with Crippen LogP contribution in [0.3, 0.4) is 0 Å². The number of nitrogens with zero attached hydrogens (tertiary/aromatic N) is 1. The SMILES string of the molecule is C[C@@H]1CN(C(=O)Nc2ccc(I)cc2C(=O)O)C[C@H](C)O1. The second kappa shape index (κ2) is 6.61. The van der Waals surface area contributed by atoms with E-state index >= 15 is 0 Å². The quantitative estimate of drug-likeness (QED) is 0.743. The van der Waals surface area contributed by atoms with Crippen LogP contribution in [-0.4, -0.2) is 47.3 Å². The molecule has 0 unspecified atom stereocenters. The van der Waals surface area contributed by atoms with Gasteiger partial charge in [-0.25, -0.2) is 9.59 Å². The molecule has 1 aromatic rings. The number of rotatable bonds is 2. The number of halogens is 1. The minimum Gasteiger partial charge on any atom is -0.478 e. The van der Waals surface area contributed by atoms with Crippen LogP contribution in [-0.2, 0) is 4.74 Å². The summed E-state index contributed by atoms with van der Waals surface area (Å²) >= 11 is 2.03. The molecule has 1 fully saturated rings. The predicted octanol–water partition coefficient (Wildman–Crippen LogP) is 2.63. The van der Waals surface area contributed by atoms with Gasteiger partial charge in [-0.15, -0.1) is 0 Å². The van der Waals surface area contributed by atoms with Crippen LogP contribution in [0.4, 0.5) is 10.5 Å². The Morgan fingerprint density at radius 3 is 2.52 bits per heavy atom. The zero-order valence-electron chi connectivity index (χ0n) is 11.8. The number of carbonyl (C=O) groups is 2. The van der Waals surface area contributed by atoms with E-state index in [0.717, 1.165) is 3.57 Å². The number of amides is 2. The Balaban J connectivity index is 2.14. The van der Waals surface area contributed by atoms with Gasteiger partial charge in [0.25, 0.3) is 0 Å². The second-order valence-electron chi connectivity index (χ2n) is 5.09. The van der Waals surface area contributed by atoms with E-state index in [1.807, 2.05) is 36.4 Å². The van der Waals surface area contributed by atoms with Crippen LogP contribution in [0.5, 0.6) is 0 Å². The van der Waals surface area contributed by atoms with Gasteiger partial charge in [0.1, 0.15) is 0 Å². The highest BCUT2D eigenvalue weighted by Gasteiger charge is 2.26. The second-order valence-corrected chi connectivity index (χ2v) is 6.33. The number of hydrogen-bond acceptors (Lipinski definition) is 3. The molecule has 0 radical (unpaired) electrons. The Morgan fingerprint density at radius 1 is 1.33 bits per heavy atom. The smallest absolute Gasteiger partial charge is 0.337 e. The number of carboxylic acid groups (broad SMARTS) is 1. The zero-order chi connectivity index (χ0) is 15.6. The lowest BCUT2D eigenvalue weighted by Gasteiger charge is -2.35. The number of carboxylic acids is 1. The van der Waals surface area contributed by atoms with Gasteiger partial charge in [0.2, 0.25) is 0 Å². The molecule has 2 N–H and O–H groups in total. The summed E-state index contributed by atoms with van der Waals surface area (Å²) in [5, 5.41) is 11.9. The summed E-state index contributed by atoms with van der Waals surface area (Å²) < 4.78 is 6.38. The first-order chi connectivity index (χ1) is 9.86. The number of benzene rings is 1. The molecule has 2 atom stereocenters. The van der Waals surface area contributed by atoms with Crippen molar-refractivity contribution in [2.24, 2.45) is 0 Å². The van der Waals surface area contributed by atoms with E-state index in [1.165, 1.54) is 6.07 Å². The first-order valence-electron chi connectivity index (χ1n) is 6.61. The van der Waals surface area contributed by atoms with E-state index in [2.05, 4.69) is 5.32 Å². The first-order valence-corrected chi connectivity index (χ1v) is 7.69. The molecular formula is C14H17IN2O4. The Bertz CT molecular complexity index is 554. The highest BCUT2D eigenvalue weighted by atomic mass is 127. The number of anilines is 1. The van der Waals surface area contributed by atoms with Gasteiger partial charge in [-0.05, 0) is 54.6 Å². The number of urea groups is 1. The molecule has 1 aliphatic rings. The van der Waals surface area contributed by atoms with Gasteiger partial charge in [0, 0.05) is 16.7 Å². The van der Waals surface area contributed by atoms with E-state index in [1.54, 1.807) is 17.0 Å². The molecule has 21 heavy (non-hydrogen) atoms. The van der Waals surface area contributed by atoms with Crippen molar-refractivity contribution in [3.8, 4) is 0 Å². The molecule has 1 saturated heterocycles. The van der Waals surface area contributed by atoms with Gasteiger partial charge in [0.15, 0.2) is 0 Å². The van der Waals surface area contributed by atoms with E-state index in [4.69, 9.17) is 4.74 Å². The summed E-state index contributed by atoms with van der Waals surface area (Å²) in [4.78, 5) is 25.2. The molecule has 7 heteroatoms. The van der Waals surface area contributed by atoms with Crippen LogP contribution in [0.2, 0.25) is 0 Å². The normalized spacial score (nSPS) is 22.0. The highest BCUT2D eigenvalue weighted by molar-refractivity contribution is 14.1. The van der Waals surface area contributed by atoms with Crippen LogP contribution in [0.25, 0.3) is 0 Å². The van der Waals surface area contributed by atoms with Gasteiger partial charge < -0.3 is 20.1 Å². The van der Waals surface area contributed by atoms with Crippen molar-refractivity contribution in [1.29, 1.82) is 0 Å². The van der Waals surface area contributed by atoms with Gasteiger partial charge in [-0.1, -0.05) is 0 Å². The third-order valence-corrected chi connectivity index (χ3v) is 3.83. The molecular weight excluding hydrogens is 387 g/mol. The average molecular weight is 404 g/mol. The van der Waals surface area contributed by atoms with Crippen molar-refractivity contribution in [2.75, 3.05) is 18.4 Å². The Labute approximate surface area is 136 Å². The van der Waals surface area contributed by atoms with Crippen LogP contribution in [0, 0.1) is 3.57 Å². The summed E-state index contributed by atoms with van der Waals surface area (Å²) in [5.74, 6) is -1.06. The zero-order valence-corrected chi connectivity index (χ0v) is 14.0. The molecule has 0 spiro atoms. The Hall–Kier alpha value is -1.35. The number of nitrogens with one attached hydrogen (secondary N) is 1. The first kappa shape index (κ1) is 16.0. The van der Waals surface area contributed by atoms with Crippen LogP contribution >= 0.6 is 22.6 Å². The van der Waals surface area contributed by atoms with Crippen LogP contribution in [0.15, 0.2) is 18.2 Å². The summed E-state index contributed by atoms with van der Waals surface area (Å²) in [6, 6.07) is 4.59. The molecule has 114 valence electrons. The van der Waals surface area contributed by atoms with Crippen molar-refractivity contribution < 1.29 is 19.4 Å². The summed E-state index contributed by atoms with van der Waals surface area (Å²) in [5.41, 5.74) is 0.393. The van der Waals surface area contributed by atoms with Crippen molar-refractivity contribution >= 4 is 40.3 Å². The minimum atomic E-state index is -1.06. The summed E-state index contributed by atoms with van der Waals surface area (Å²) in [7, 11) is 0. The molecule has 0 aromatic heterocycles. The van der Waals surface area contributed by atoms with Crippen molar-refractivity contribution in [1.82, 2.24) is 4.90 Å². The third-order valence-electron chi connectivity index (χ3n) is 3.16. The Morgan fingerprint density at radius 2 is 1.95 bits per heavy atom. The maximum Gasteiger partial charge on any atom is 0.337 e. The fourth-order valence-corrected chi connectivity index (χ4v) is 2.83. The molecule has 1 aromatic carbocycles. The molecule has 0 bridgehead atoms. The predicted molar refractivity (Wildman–Crippen MR) is 86.7 cm³/mol. The van der Waals surface area contributed by atoms with Crippen LogP contribution < -0.4 is 5.32 Å². The molecule has 0 aliphatic carbocycles. The fraction of sp³-hybridized carbons (Fsp3) is 0.429. The lowest BCUT2D eigenvalue weighted by Crippen LogP contribution is -2.49. The maximum atomic E-state index is 12.3. The Kier molecular flexibility index (Phi) is 5.04. The van der Waals surface area contributed by atoms with Gasteiger partial charge in [0.05, 0.1) is 23.5 Å². The fourth-order valence-electron chi connectivity index (χ4n) is 2.34. The third kappa shape index (κ3) is 4.07. The minimum absolute atomic E-state index is 0.0323. The molecule has 0 saturated carbocycles. The number of hydrogen-bond donors (Lipinski definition) is 2. The standard InChI is InChI=1S/C14H17IN2O4/c1-8-6-17(7-9(2)21-8)14(20)16-12-4-3-10(15)5-11(12)13(18)19/h3-5,8-9H,6-7H2,1-2H3,(H,16,20)(H,18,19)/t8-,9+. The highest BCUT2D eigenvalue weighted by Crippen LogP contribution is 2.20.